The molecule has 5 heteroatoms. The van der Waals surface area contributed by atoms with Crippen LogP contribution in [0, 0.1) is 6.92 Å². The highest BCUT2D eigenvalue weighted by Crippen LogP contribution is 2.30. The van der Waals surface area contributed by atoms with Crippen LogP contribution in [0.25, 0.3) is 0 Å². The number of anilines is 1. The molecule has 0 radical (unpaired) electrons. The zero-order chi connectivity index (χ0) is 13.9. The third-order valence-electron chi connectivity index (χ3n) is 3.75. The molecule has 0 aromatic carbocycles. The van der Waals surface area contributed by atoms with E-state index in [-0.39, 0.29) is 0 Å². The average molecular weight is 288 g/mol. The summed E-state index contributed by atoms with van der Waals surface area (Å²) in [6, 6.07) is 2.10. The van der Waals surface area contributed by atoms with Crippen LogP contribution >= 0.6 is 11.3 Å². The van der Waals surface area contributed by atoms with Crippen molar-refractivity contribution in [2.24, 2.45) is 0 Å². The van der Waals surface area contributed by atoms with Crippen molar-refractivity contribution in [3.8, 4) is 0 Å². The first kappa shape index (κ1) is 13.5. The van der Waals surface area contributed by atoms with Gasteiger partial charge < -0.3 is 4.90 Å². The molecule has 4 nitrogen and oxygen atoms in total. The van der Waals surface area contributed by atoms with Gasteiger partial charge in [0.25, 0.3) is 0 Å². The smallest absolute Gasteiger partial charge is 0.132 e. The van der Waals surface area contributed by atoms with Gasteiger partial charge in [0.05, 0.1) is 5.01 Å². The van der Waals surface area contributed by atoms with Crippen molar-refractivity contribution in [3.05, 3.63) is 34.2 Å². The summed E-state index contributed by atoms with van der Waals surface area (Å²) in [7, 11) is 0. The second-order valence-corrected chi connectivity index (χ2v) is 6.22. The Morgan fingerprint density at radius 1 is 1.40 bits per heavy atom. The van der Waals surface area contributed by atoms with Crippen molar-refractivity contribution in [2.45, 2.75) is 39.0 Å². The first-order valence-corrected chi connectivity index (χ1v) is 8.13. The first-order chi connectivity index (χ1) is 9.76. The molecule has 0 N–H and O–H groups in total. The average Bonchev–Trinajstić information content (AvgIpc) is 3.01. The number of hydrogen-bond donors (Lipinski definition) is 0. The third kappa shape index (κ3) is 2.82. The molecule has 0 unspecified atom stereocenters. The van der Waals surface area contributed by atoms with E-state index >= 15 is 0 Å². The van der Waals surface area contributed by atoms with Gasteiger partial charge in [-0.25, -0.2) is 15.0 Å². The first-order valence-electron chi connectivity index (χ1n) is 7.25. The molecule has 2 aromatic heterocycles. The normalized spacial score (nSPS) is 19.3. The molecule has 3 rings (SSSR count). The Morgan fingerprint density at radius 2 is 2.30 bits per heavy atom. The lowest BCUT2D eigenvalue weighted by Crippen LogP contribution is -2.35. The molecule has 2 aromatic rings. The Bertz CT molecular complexity index is 567. The van der Waals surface area contributed by atoms with Crippen LogP contribution in [0.4, 0.5) is 5.82 Å². The number of aromatic nitrogens is 3. The molecule has 0 saturated carbocycles. The number of thiazole rings is 1. The Balaban J connectivity index is 1.81. The van der Waals surface area contributed by atoms with Crippen molar-refractivity contribution >= 4 is 17.2 Å². The number of nitrogens with zero attached hydrogens (tertiary/aromatic N) is 4. The summed E-state index contributed by atoms with van der Waals surface area (Å²) in [5, 5.41) is 3.33. The van der Waals surface area contributed by atoms with Gasteiger partial charge in [-0.1, -0.05) is 6.92 Å². The van der Waals surface area contributed by atoms with Crippen molar-refractivity contribution in [1.82, 2.24) is 15.0 Å². The van der Waals surface area contributed by atoms with Gasteiger partial charge in [-0.05, 0) is 19.8 Å². The molecule has 1 atom stereocenters. The van der Waals surface area contributed by atoms with Gasteiger partial charge in [-0.15, -0.1) is 11.3 Å². The molecule has 20 heavy (non-hydrogen) atoms. The molecule has 1 aliphatic heterocycles. The molecule has 1 saturated heterocycles. The molecule has 1 aliphatic rings. The van der Waals surface area contributed by atoms with Crippen LogP contribution in [-0.4, -0.2) is 28.0 Å². The zero-order valence-corrected chi connectivity index (χ0v) is 12.9. The molecular formula is C15H20N4S. The Hall–Kier alpha value is -1.49. The van der Waals surface area contributed by atoms with E-state index in [9.17, 15) is 0 Å². The van der Waals surface area contributed by atoms with Gasteiger partial charge in [0.2, 0.25) is 0 Å². The Morgan fingerprint density at radius 3 is 3.05 bits per heavy atom. The summed E-state index contributed by atoms with van der Waals surface area (Å²) >= 11 is 1.77. The fraction of sp³-hybridized carbons (Fsp3) is 0.533. The molecule has 3 heterocycles. The second-order valence-electron chi connectivity index (χ2n) is 5.29. The van der Waals surface area contributed by atoms with Crippen LogP contribution in [0.15, 0.2) is 17.6 Å². The number of aryl methyl sites for hydroxylation is 2. The lowest BCUT2D eigenvalue weighted by atomic mass is 9.99. The minimum absolute atomic E-state index is 0.545. The summed E-state index contributed by atoms with van der Waals surface area (Å²) in [4.78, 5) is 16.0. The van der Waals surface area contributed by atoms with E-state index in [0.29, 0.717) is 5.92 Å². The zero-order valence-electron chi connectivity index (χ0n) is 12.0. The molecule has 0 amide bonds. The van der Waals surface area contributed by atoms with Gasteiger partial charge >= 0.3 is 0 Å². The highest BCUT2D eigenvalue weighted by Gasteiger charge is 2.24. The summed E-state index contributed by atoms with van der Waals surface area (Å²) in [5.74, 6) is 2.57. The summed E-state index contributed by atoms with van der Waals surface area (Å²) < 4.78 is 0. The van der Waals surface area contributed by atoms with E-state index in [1.54, 1.807) is 11.3 Å². The standard InChI is InChI=1S/C15H20N4S/c1-3-13-17-11(2)9-14(18-13)19-7-4-5-12(10-19)15-16-6-8-20-15/h6,8-9,12H,3-5,7,10H2,1-2H3/t12-/m1/s1. The maximum atomic E-state index is 4.69. The van der Waals surface area contributed by atoms with Gasteiger partial charge in [0.15, 0.2) is 0 Å². The number of hydrogen-bond acceptors (Lipinski definition) is 5. The van der Waals surface area contributed by atoms with Crippen molar-refractivity contribution in [3.63, 3.8) is 0 Å². The minimum Gasteiger partial charge on any atom is -0.356 e. The SMILES string of the molecule is CCc1nc(C)cc(N2CCC[C@@H](c3nccs3)C2)n1. The van der Waals surface area contributed by atoms with Crippen LogP contribution in [0.1, 0.15) is 42.2 Å². The Kier molecular flexibility index (Phi) is 3.96. The molecule has 0 spiro atoms. The van der Waals surface area contributed by atoms with Crippen LogP contribution in [-0.2, 0) is 6.42 Å². The van der Waals surface area contributed by atoms with E-state index in [0.717, 1.165) is 36.8 Å². The minimum atomic E-state index is 0.545. The Labute approximate surface area is 123 Å². The van der Waals surface area contributed by atoms with Gasteiger partial charge in [-0.2, -0.15) is 0 Å². The fourth-order valence-electron chi connectivity index (χ4n) is 2.76. The maximum absolute atomic E-state index is 4.69. The number of rotatable bonds is 3. The molecular weight excluding hydrogens is 268 g/mol. The second kappa shape index (κ2) is 5.87. The van der Waals surface area contributed by atoms with E-state index in [4.69, 9.17) is 0 Å². The summed E-state index contributed by atoms with van der Waals surface area (Å²) in [6.45, 7) is 6.26. The van der Waals surface area contributed by atoms with Crippen molar-refractivity contribution in [1.29, 1.82) is 0 Å². The van der Waals surface area contributed by atoms with Crippen molar-refractivity contribution < 1.29 is 0 Å². The lowest BCUT2D eigenvalue weighted by molar-refractivity contribution is 0.504. The van der Waals surface area contributed by atoms with E-state index in [1.165, 1.54) is 17.8 Å². The van der Waals surface area contributed by atoms with Gasteiger partial charge in [-0.3, -0.25) is 0 Å². The fourth-order valence-corrected chi connectivity index (χ4v) is 3.52. The predicted octanol–water partition coefficient (Wildman–Crippen LogP) is 3.19. The quantitative estimate of drug-likeness (QED) is 0.870. The molecule has 0 bridgehead atoms. The molecule has 106 valence electrons. The van der Waals surface area contributed by atoms with Gasteiger partial charge in [0.1, 0.15) is 11.6 Å². The predicted molar refractivity (Wildman–Crippen MR) is 82.4 cm³/mol. The molecule has 0 aliphatic carbocycles. The summed E-state index contributed by atoms with van der Waals surface area (Å²) in [5.41, 5.74) is 1.06. The summed E-state index contributed by atoms with van der Waals surface area (Å²) in [6.07, 6.45) is 5.23. The van der Waals surface area contributed by atoms with E-state index in [1.807, 2.05) is 13.1 Å². The van der Waals surface area contributed by atoms with Crippen LogP contribution in [0.3, 0.4) is 0 Å². The van der Waals surface area contributed by atoms with Crippen LogP contribution < -0.4 is 4.90 Å². The van der Waals surface area contributed by atoms with Crippen LogP contribution in [0.2, 0.25) is 0 Å². The monoisotopic (exact) mass is 288 g/mol. The largest absolute Gasteiger partial charge is 0.356 e. The molecule has 1 fully saturated rings. The van der Waals surface area contributed by atoms with Crippen LogP contribution in [0.5, 0.6) is 0 Å². The van der Waals surface area contributed by atoms with E-state index in [2.05, 4.69) is 38.2 Å². The maximum Gasteiger partial charge on any atom is 0.132 e. The van der Waals surface area contributed by atoms with E-state index < -0.39 is 0 Å². The topological polar surface area (TPSA) is 41.9 Å². The number of piperidine rings is 1. The highest BCUT2D eigenvalue weighted by molar-refractivity contribution is 7.09. The lowest BCUT2D eigenvalue weighted by Gasteiger charge is -2.33. The third-order valence-corrected chi connectivity index (χ3v) is 4.69. The van der Waals surface area contributed by atoms with Gasteiger partial charge in [0, 0.05) is 48.8 Å². The highest BCUT2D eigenvalue weighted by atomic mass is 32.1. The van der Waals surface area contributed by atoms with Crippen molar-refractivity contribution in [2.75, 3.05) is 18.0 Å².